The van der Waals surface area contributed by atoms with E-state index in [1.165, 1.54) is 0 Å². The van der Waals surface area contributed by atoms with Crippen LogP contribution < -0.4 is 10.1 Å². The van der Waals surface area contributed by atoms with Crippen LogP contribution in [0.3, 0.4) is 0 Å². The van der Waals surface area contributed by atoms with E-state index in [1.54, 1.807) is 16.4 Å². The Bertz CT molecular complexity index is 710. The molecule has 1 aromatic carbocycles. The summed E-state index contributed by atoms with van der Waals surface area (Å²) < 4.78 is 12.8. The predicted molar refractivity (Wildman–Crippen MR) is 106 cm³/mol. The zero-order chi connectivity index (χ0) is 19.6. The van der Waals surface area contributed by atoms with Gasteiger partial charge in [0.1, 0.15) is 18.5 Å². The monoisotopic (exact) mass is 408 g/mol. The number of hydrogen-bond donors (Lipinski definition) is 2. The molecule has 0 amide bonds. The molecule has 2 heterocycles. The zero-order valence-electron chi connectivity index (χ0n) is 16.2. The average molecular weight is 409 g/mol. The number of nitrogens with one attached hydrogen (secondary N) is 1. The summed E-state index contributed by atoms with van der Waals surface area (Å²) in [6.07, 6.45) is -0.507. The molecule has 2 N–H and O–H groups in total. The van der Waals surface area contributed by atoms with Crippen LogP contribution in [0.1, 0.15) is 5.56 Å². The Hall–Kier alpha value is -1.72. The highest BCUT2D eigenvalue weighted by Crippen LogP contribution is 2.14. The number of aliphatic hydroxyl groups is 1. The van der Waals surface area contributed by atoms with Gasteiger partial charge in [0.2, 0.25) is 5.16 Å². The second-order valence-corrected chi connectivity index (χ2v) is 7.70. The number of nitrogens with zero attached hydrogens (tertiary/aromatic N) is 5. The molecule has 10 heteroatoms. The Labute approximate surface area is 169 Å². The molecule has 0 bridgehead atoms. The van der Waals surface area contributed by atoms with Gasteiger partial charge < -0.3 is 19.9 Å². The van der Waals surface area contributed by atoms with Crippen molar-refractivity contribution in [3.63, 3.8) is 0 Å². The molecule has 1 aromatic heterocycles. The smallest absolute Gasteiger partial charge is 0.209 e. The molecule has 1 aliphatic heterocycles. The summed E-state index contributed by atoms with van der Waals surface area (Å²) in [5, 5.41) is 25.8. The number of thioether (sulfide) groups is 1. The van der Waals surface area contributed by atoms with Crippen LogP contribution in [0.2, 0.25) is 0 Å². The fourth-order valence-electron chi connectivity index (χ4n) is 2.86. The van der Waals surface area contributed by atoms with Crippen LogP contribution in [0.4, 0.5) is 0 Å². The largest absolute Gasteiger partial charge is 0.491 e. The quantitative estimate of drug-likeness (QED) is 0.398. The molecular formula is C18H28N6O3S. The van der Waals surface area contributed by atoms with E-state index in [-0.39, 0.29) is 6.61 Å². The average Bonchev–Trinajstić information content (AvgIpc) is 3.12. The van der Waals surface area contributed by atoms with Crippen LogP contribution >= 0.6 is 11.8 Å². The normalized spacial score (nSPS) is 16.2. The number of aliphatic hydroxyl groups excluding tert-OH is 1. The lowest BCUT2D eigenvalue weighted by Crippen LogP contribution is -2.42. The van der Waals surface area contributed by atoms with Crippen molar-refractivity contribution in [1.29, 1.82) is 0 Å². The van der Waals surface area contributed by atoms with Crippen molar-refractivity contribution >= 4 is 11.8 Å². The Morgan fingerprint density at radius 3 is 3.00 bits per heavy atom. The number of β-amino-alcohol motifs (C(OH)–C–C–N with tert-alkyl or cyclic N) is 1. The SMILES string of the molecule is Cn1nnnc1SCCNCc1cccc(OC[C@@H](O)CN2CCOCC2)c1. The highest BCUT2D eigenvalue weighted by Gasteiger charge is 2.15. The molecule has 0 spiro atoms. The maximum Gasteiger partial charge on any atom is 0.209 e. The van der Waals surface area contributed by atoms with Gasteiger partial charge in [0, 0.05) is 45.5 Å². The zero-order valence-corrected chi connectivity index (χ0v) is 17.0. The van der Waals surface area contributed by atoms with Gasteiger partial charge in [-0.2, -0.15) is 0 Å². The summed E-state index contributed by atoms with van der Waals surface area (Å²) in [4.78, 5) is 2.20. The van der Waals surface area contributed by atoms with E-state index in [1.807, 2.05) is 25.2 Å². The van der Waals surface area contributed by atoms with Crippen LogP contribution in [-0.4, -0.2) is 88.1 Å². The molecular weight excluding hydrogens is 380 g/mol. The number of morpholine rings is 1. The summed E-state index contributed by atoms with van der Waals surface area (Å²) in [6, 6.07) is 7.96. The van der Waals surface area contributed by atoms with Crippen molar-refractivity contribution in [3.8, 4) is 5.75 Å². The van der Waals surface area contributed by atoms with Gasteiger partial charge in [0.05, 0.1) is 13.2 Å². The number of aromatic nitrogens is 4. The maximum absolute atomic E-state index is 10.2. The fraction of sp³-hybridized carbons (Fsp3) is 0.611. The van der Waals surface area contributed by atoms with Crippen molar-refractivity contribution in [2.75, 3.05) is 51.8 Å². The van der Waals surface area contributed by atoms with Crippen LogP contribution in [0.25, 0.3) is 0 Å². The molecule has 1 atom stereocenters. The third-order valence-corrected chi connectivity index (χ3v) is 5.35. The summed E-state index contributed by atoms with van der Waals surface area (Å²) in [5.74, 6) is 1.66. The third kappa shape index (κ3) is 7.02. The molecule has 1 aliphatic rings. The number of ether oxygens (including phenoxy) is 2. The standard InChI is InChI=1S/C18H28N6O3S/c1-23-18(20-21-22-23)28-10-5-19-12-15-3-2-4-17(11-15)27-14-16(25)13-24-6-8-26-9-7-24/h2-4,11,16,19,25H,5-10,12-14H2,1H3/t16-/m0/s1. The maximum atomic E-state index is 10.2. The summed E-state index contributed by atoms with van der Waals surface area (Å²) in [6.45, 7) is 5.70. The molecule has 1 saturated heterocycles. The van der Waals surface area contributed by atoms with Crippen molar-refractivity contribution in [2.24, 2.45) is 7.05 Å². The lowest BCUT2D eigenvalue weighted by molar-refractivity contribution is 0.00465. The predicted octanol–water partition coefficient (Wildman–Crippen LogP) is 0.164. The van der Waals surface area contributed by atoms with Crippen molar-refractivity contribution in [1.82, 2.24) is 30.4 Å². The lowest BCUT2D eigenvalue weighted by atomic mass is 10.2. The first-order valence-electron chi connectivity index (χ1n) is 9.46. The Morgan fingerprint density at radius 2 is 2.21 bits per heavy atom. The second-order valence-electron chi connectivity index (χ2n) is 6.64. The highest BCUT2D eigenvalue weighted by molar-refractivity contribution is 7.99. The molecule has 0 unspecified atom stereocenters. The van der Waals surface area contributed by atoms with Crippen LogP contribution in [-0.2, 0) is 18.3 Å². The van der Waals surface area contributed by atoms with E-state index in [4.69, 9.17) is 9.47 Å². The Morgan fingerprint density at radius 1 is 1.36 bits per heavy atom. The van der Waals surface area contributed by atoms with Gasteiger partial charge in [-0.05, 0) is 28.1 Å². The van der Waals surface area contributed by atoms with Gasteiger partial charge in [-0.25, -0.2) is 4.68 Å². The van der Waals surface area contributed by atoms with E-state index >= 15 is 0 Å². The summed E-state index contributed by atoms with van der Waals surface area (Å²) in [7, 11) is 1.83. The van der Waals surface area contributed by atoms with E-state index in [0.29, 0.717) is 6.54 Å². The molecule has 154 valence electrons. The first-order chi connectivity index (χ1) is 13.7. The van der Waals surface area contributed by atoms with Gasteiger partial charge in [-0.1, -0.05) is 23.9 Å². The van der Waals surface area contributed by atoms with Gasteiger partial charge in [0.15, 0.2) is 0 Å². The number of benzene rings is 1. The number of hydrogen-bond acceptors (Lipinski definition) is 9. The van der Waals surface area contributed by atoms with Crippen LogP contribution in [0.15, 0.2) is 29.4 Å². The molecule has 9 nitrogen and oxygen atoms in total. The minimum absolute atomic E-state index is 0.288. The molecule has 0 aliphatic carbocycles. The topological polar surface area (TPSA) is 97.6 Å². The fourth-order valence-corrected chi connectivity index (χ4v) is 3.61. The lowest BCUT2D eigenvalue weighted by Gasteiger charge is -2.28. The number of rotatable bonds is 11. The van der Waals surface area contributed by atoms with Gasteiger partial charge in [0.25, 0.3) is 0 Å². The van der Waals surface area contributed by atoms with Gasteiger partial charge in [-0.3, -0.25) is 4.90 Å². The molecule has 0 radical (unpaired) electrons. The Kier molecular flexibility index (Phi) is 8.49. The van der Waals surface area contributed by atoms with E-state index < -0.39 is 6.10 Å². The molecule has 1 fully saturated rings. The van der Waals surface area contributed by atoms with Crippen LogP contribution in [0, 0.1) is 0 Å². The Balaban J connectivity index is 1.33. The second kappa shape index (κ2) is 11.3. The minimum atomic E-state index is -0.507. The first-order valence-corrected chi connectivity index (χ1v) is 10.4. The van der Waals surface area contributed by atoms with Gasteiger partial charge >= 0.3 is 0 Å². The first kappa shape index (κ1) is 21.0. The third-order valence-electron chi connectivity index (χ3n) is 4.33. The summed E-state index contributed by atoms with van der Waals surface area (Å²) >= 11 is 1.62. The number of tetrazole rings is 1. The molecule has 3 rings (SSSR count). The van der Waals surface area contributed by atoms with Crippen LogP contribution in [0.5, 0.6) is 5.75 Å². The summed E-state index contributed by atoms with van der Waals surface area (Å²) in [5.41, 5.74) is 1.14. The van der Waals surface area contributed by atoms with Crippen molar-refractivity contribution < 1.29 is 14.6 Å². The number of aryl methyl sites for hydroxylation is 1. The molecule has 0 saturated carbocycles. The molecule has 2 aromatic rings. The molecule has 28 heavy (non-hydrogen) atoms. The van der Waals surface area contributed by atoms with Gasteiger partial charge in [-0.15, -0.1) is 5.10 Å². The van der Waals surface area contributed by atoms with Crippen molar-refractivity contribution in [2.45, 2.75) is 17.8 Å². The van der Waals surface area contributed by atoms with E-state index in [2.05, 4.69) is 31.8 Å². The minimum Gasteiger partial charge on any atom is -0.491 e. The van der Waals surface area contributed by atoms with E-state index in [0.717, 1.165) is 61.6 Å². The van der Waals surface area contributed by atoms with Crippen molar-refractivity contribution in [3.05, 3.63) is 29.8 Å². The highest BCUT2D eigenvalue weighted by atomic mass is 32.2. The van der Waals surface area contributed by atoms with E-state index in [9.17, 15) is 5.11 Å².